The van der Waals surface area contributed by atoms with Gasteiger partial charge in [-0.3, -0.25) is 9.59 Å². The number of aromatic hydroxyl groups is 1. The lowest BCUT2D eigenvalue weighted by molar-refractivity contribution is 0.101. The Labute approximate surface area is 124 Å². The van der Waals surface area contributed by atoms with Crippen LogP contribution in [0, 0.1) is 13.8 Å². The number of phenols is 1. The predicted octanol–water partition coefficient (Wildman–Crippen LogP) is 4.08. The van der Waals surface area contributed by atoms with Crippen molar-refractivity contribution in [1.82, 2.24) is 0 Å². The number of hydrogen-bond acceptors (Lipinski definition) is 3. The average molecular weight is 282 g/mol. The van der Waals surface area contributed by atoms with Crippen molar-refractivity contribution in [3.05, 3.63) is 52.6 Å². The van der Waals surface area contributed by atoms with Crippen LogP contribution in [0.15, 0.2) is 30.3 Å². The van der Waals surface area contributed by atoms with Crippen molar-refractivity contribution in [2.24, 2.45) is 0 Å². The quantitative estimate of drug-likeness (QED) is 0.863. The number of hydrogen-bond donors (Lipinski definition) is 1. The van der Waals surface area contributed by atoms with Gasteiger partial charge in [0, 0.05) is 11.1 Å². The molecule has 0 spiro atoms. The lowest BCUT2D eigenvalue weighted by Crippen LogP contribution is -2.07. The Morgan fingerprint density at radius 2 is 1.43 bits per heavy atom. The molecule has 0 saturated heterocycles. The third-order valence-corrected chi connectivity index (χ3v) is 3.55. The molecule has 0 atom stereocenters. The van der Waals surface area contributed by atoms with Crippen molar-refractivity contribution < 1.29 is 14.7 Å². The summed E-state index contributed by atoms with van der Waals surface area (Å²) in [4.78, 5) is 24.0. The summed E-state index contributed by atoms with van der Waals surface area (Å²) in [5.74, 6) is -0.461. The highest BCUT2D eigenvalue weighted by atomic mass is 16.3. The third-order valence-electron chi connectivity index (χ3n) is 3.55. The van der Waals surface area contributed by atoms with Crippen molar-refractivity contribution in [3.63, 3.8) is 0 Å². The zero-order valence-corrected chi connectivity index (χ0v) is 12.7. The minimum absolute atomic E-state index is 0.0828. The Hall–Kier alpha value is -2.42. The molecule has 2 aromatic rings. The number of ketones is 2. The molecular weight excluding hydrogens is 264 g/mol. The van der Waals surface area contributed by atoms with Gasteiger partial charge in [-0.25, -0.2) is 0 Å². The molecule has 0 heterocycles. The minimum Gasteiger partial charge on any atom is -0.507 e. The molecule has 0 aliphatic rings. The lowest BCUT2D eigenvalue weighted by atomic mass is 9.87. The molecule has 0 aromatic heterocycles. The highest BCUT2D eigenvalue weighted by molar-refractivity contribution is 6.11. The van der Waals surface area contributed by atoms with E-state index in [0.29, 0.717) is 16.7 Å². The smallest absolute Gasteiger partial charge is 0.164 e. The topological polar surface area (TPSA) is 54.4 Å². The highest BCUT2D eigenvalue weighted by Crippen LogP contribution is 2.36. The molecule has 0 aliphatic heterocycles. The zero-order valence-electron chi connectivity index (χ0n) is 12.7. The summed E-state index contributed by atoms with van der Waals surface area (Å²) in [6, 6.07) is 9.04. The normalized spacial score (nSPS) is 10.5. The van der Waals surface area contributed by atoms with Gasteiger partial charge in [-0.05, 0) is 44.9 Å². The molecule has 0 aliphatic carbocycles. The molecule has 3 nitrogen and oxygen atoms in total. The molecule has 0 bridgehead atoms. The Morgan fingerprint density at radius 3 is 1.90 bits per heavy atom. The first-order chi connectivity index (χ1) is 9.82. The molecule has 0 fully saturated rings. The summed E-state index contributed by atoms with van der Waals surface area (Å²) in [6.07, 6.45) is 0. The second-order valence-corrected chi connectivity index (χ2v) is 5.32. The van der Waals surface area contributed by atoms with Crippen LogP contribution in [-0.4, -0.2) is 16.7 Å². The summed E-state index contributed by atoms with van der Waals surface area (Å²) < 4.78 is 0. The fourth-order valence-corrected chi connectivity index (χ4v) is 2.62. The molecule has 2 aromatic carbocycles. The van der Waals surface area contributed by atoms with Crippen LogP contribution in [0.25, 0.3) is 11.1 Å². The predicted molar refractivity (Wildman–Crippen MR) is 83.0 cm³/mol. The maximum absolute atomic E-state index is 12.0. The fraction of sp³-hybridized carbons (Fsp3) is 0.222. The highest BCUT2D eigenvalue weighted by Gasteiger charge is 2.22. The molecule has 0 amide bonds. The van der Waals surface area contributed by atoms with Gasteiger partial charge in [0.1, 0.15) is 5.75 Å². The molecule has 3 heteroatoms. The largest absolute Gasteiger partial charge is 0.507 e. The van der Waals surface area contributed by atoms with E-state index in [1.54, 1.807) is 6.92 Å². The first kappa shape index (κ1) is 15.0. The number of carbonyl (C=O) groups is 2. The molecule has 0 radical (unpaired) electrons. The van der Waals surface area contributed by atoms with Crippen LogP contribution in [0.5, 0.6) is 5.75 Å². The van der Waals surface area contributed by atoms with Crippen LogP contribution in [0.3, 0.4) is 0 Å². The lowest BCUT2D eigenvalue weighted by Gasteiger charge is -2.16. The van der Waals surface area contributed by atoms with Gasteiger partial charge in [-0.15, -0.1) is 0 Å². The Bertz CT molecular complexity index is 687. The first-order valence-corrected chi connectivity index (χ1v) is 6.78. The van der Waals surface area contributed by atoms with Crippen molar-refractivity contribution in [1.29, 1.82) is 0 Å². The number of aryl methyl sites for hydroxylation is 2. The van der Waals surface area contributed by atoms with Crippen molar-refractivity contribution in [3.8, 4) is 16.9 Å². The van der Waals surface area contributed by atoms with Crippen molar-refractivity contribution in [2.75, 3.05) is 0 Å². The molecule has 1 N–H and O–H groups in total. The number of benzene rings is 2. The van der Waals surface area contributed by atoms with Gasteiger partial charge in [0.2, 0.25) is 0 Å². The number of carbonyl (C=O) groups excluding carboxylic acids is 2. The summed E-state index contributed by atoms with van der Waals surface area (Å²) in [7, 11) is 0. The second kappa shape index (κ2) is 5.52. The van der Waals surface area contributed by atoms with E-state index in [4.69, 9.17) is 0 Å². The standard InChI is InChI=1S/C18H18O3/c1-10-5-7-14(8-6-10)18-16(12(3)19)11(2)9-15(21)17(18)13(4)20/h5-9,21H,1-4H3. The first-order valence-electron chi connectivity index (χ1n) is 6.78. The summed E-state index contributed by atoms with van der Waals surface area (Å²) in [5, 5.41) is 10.1. The van der Waals surface area contributed by atoms with Gasteiger partial charge < -0.3 is 5.11 Å². The Kier molecular flexibility index (Phi) is 3.94. The van der Waals surface area contributed by atoms with Crippen LogP contribution in [0.2, 0.25) is 0 Å². The van der Waals surface area contributed by atoms with Gasteiger partial charge in [-0.2, -0.15) is 0 Å². The Balaban J connectivity index is 2.91. The second-order valence-electron chi connectivity index (χ2n) is 5.32. The van der Waals surface area contributed by atoms with E-state index < -0.39 is 0 Å². The Morgan fingerprint density at radius 1 is 0.905 bits per heavy atom. The number of phenolic OH excluding ortho intramolecular Hbond substituents is 1. The minimum atomic E-state index is -0.259. The molecule has 2 rings (SSSR count). The molecule has 0 unspecified atom stereocenters. The number of Topliss-reactive ketones (excluding diaryl/α,β-unsaturated/α-hetero) is 2. The summed E-state index contributed by atoms with van der Waals surface area (Å²) in [5.41, 5.74) is 3.73. The van der Waals surface area contributed by atoms with E-state index in [1.165, 1.54) is 19.9 Å². The monoisotopic (exact) mass is 282 g/mol. The van der Waals surface area contributed by atoms with Crippen molar-refractivity contribution in [2.45, 2.75) is 27.7 Å². The van der Waals surface area contributed by atoms with Crippen LogP contribution in [0.4, 0.5) is 0 Å². The van der Waals surface area contributed by atoms with Gasteiger partial charge in [0.25, 0.3) is 0 Å². The van der Waals surface area contributed by atoms with E-state index in [1.807, 2.05) is 31.2 Å². The van der Waals surface area contributed by atoms with E-state index in [-0.39, 0.29) is 22.9 Å². The van der Waals surface area contributed by atoms with Crippen molar-refractivity contribution >= 4 is 11.6 Å². The SMILES string of the molecule is CC(=O)c1c(C)cc(O)c(C(C)=O)c1-c1ccc(C)cc1. The van der Waals surface area contributed by atoms with E-state index >= 15 is 0 Å². The van der Waals surface area contributed by atoms with E-state index in [2.05, 4.69) is 0 Å². The maximum atomic E-state index is 12.0. The molecule has 0 saturated carbocycles. The average Bonchev–Trinajstić information content (AvgIpc) is 2.37. The fourth-order valence-electron chi connectivity index (χ4n) is 2.62. The molecule has 108 valence electrons. The van der Waals surface area contributed by atoms with Crippen LogP contribution < -0.4 is 0 Å². The third kappa shape index (κ3) is 2.72. The van der Waals surface area contributed by atoms with E-state index in [9.17, 15) is 14.7 Å². The molecular formula is C18H18O3. The van der Waals surface area contributed by atoms with Gasteiger partial charge >= 0.3 is 0 Å². The maximum Gasteiger partial charge on any atom is 0.164 e. The van der Waals surface area contributed by atoms with E-state index in [0.717, 1.165) is 11.1 Å². The molecule has 21 heavy (non-hydrogen) atoms. The summed E-state index contributed by atoms with van der Waals surface area (Å²) >= 11 is 0. The van der Waals surface area contributed by atoms with Crippen LogP contribution in [0.1, 0.15) is 45.7 Å². The zero-order chi connectivity index (χ0) is 15.7. The number of rotatable bonds is 3. The van der Waals surface area contributed by atoms with Crippen LogP contribution >= 0.6 is 0 Å². The van der Waals surface area contributed by atoms with Gasteiger partial charge in [0.05, 0.1) is 5.56 Å². The van der Waals surface area contributed by atoms with Crippen LogP contribution in [-0.2, 0) is 0 Å². The van der Waals surface area contributed by atoms with Gasteiger partial charge in [0.15, 0.2) is 11.6 Å². The van der Waals surface area contributed by atoms with Gasteiger partial charge in [-0.1, -0.05) is 29.8 Å². The summed E-state index contributed by atoms with van der Waals surface area (Å²) in [6.45, 7) is 6.60.